The molecule has 0 radical (unpaired) electrons. The topological polar surface area (TPSA) is 94.4 Å². The molecule has 142 valence electrons. The van der Waals surface area contributed by atoms with Gasteiger partial charge in [0.05, 0.1) is 17.8 Å². The molecule has 7 nitrogen and oxygen atoms in total. The van der Waals surface area contributed by atoms with Gasteiger partial charge < -0.3 is 19.9 Å². The average Bonchev–Trinajstić information content (AvgIpc) is 3.25. The Kier molecular flexibility index (Phi) is 4.72. The maximum absolute atomic E-state index is 12.6. The molecule has 0 spiro atoms. The predicted octanol–water partition coefficient (Wildman–Crippen LogP) is 2.14. The number of amides is 1. The van der Waals surface area contributed by atoms with Gasteiger partial charge in [-0.15, -0.1) is 0 Å². The summed E-state index contributed by atoms with van der Waals surface area (Å²) in [6.07, 6.45) is 1.93. The van der Waals surface area contributed by atoms with E-state index in [0.29, 0.717) is 25.1 Å². The first kappa shape index (κ1) is 17.8. The van der Waals surface area contributed by atoms with Gasteiger partial charge in [0, 0.05) is 42.5 Å². The van der Waals surface area contributed by atoms with Crippen molar-refractivity contribution in [3.05, 3.63) is 53.0 Å². The number of piperidine rings is 1. The van der Waals surface area contributed by atoms with Crippen LogP contribution in [0.3, 0.4) is 0 Å². The lowest BCUT2D eigenvalue weighted by molar-refractivity contribution is 0.0347. The number of aromatic nitrogens is 2. The normalized spacial score (nSPS) is 20.9. The highest BCUT2D eigenvalue weighted by atomic mass is 16.5. The van der Waals surface area contributed by atoms with Gasteiger partial charge in [-0.2, -0.15) is 0 Å². The van der Waals surface area contributed by atoms with Crippen molar-refractivity contribution in [2.75, 3.05) is 13.1 Å². The van der Waals surface area contributed by atoms with E-state index in [-0.39, 0.29) is 11.9 Å². The Morgan fingerprint density at radius 2 is 2.26 bits per heavy atom. The summed E-state index contributed by atoms with van der Waals surface area (Å²) in [7, 11) is 0. The summed E-state index contributed by atoms with van der Waals surface area (Å²) in [6.45, 7) is 5.82. The smallest absolute Gasteiger partial charge is 0.251 e. The molecule has 3 heterocycles. The Bertz CT molecular complexity index is 942. The van der Waals surface area contributed by atoms with Gasteiger partial charge in [-0.25, -0.2) is 0 Å². The van der Waals surface area contributed by atoms with E-state index < -0.39 is 6.10 Å². The molecule has 3 aromatic rings. The van der Waals surface area contributed by atoms with Crippen LogP contribution in [0.15, 0.2) is 35.0 Å². The zero-order valence-corrected chi connectivity index (χ0v) is 15.5. The fourth-order valence-corrected chi connectivity index (χ4v) is 3.70. The molecule has 1 fully saturated rings. The number of rotatable bonds is 4. The van der Waals surface area contributed by atoms with Crippen molar-refractivity contribution >= 4 is 16.8 Å². The minimum atomic E-state index is -0.614. The number of aryl methyl sites for hydroxylation is 2. The number of fused-ring (bicyclic) bond motifs is 1. The monoisotopic (exact) mass is 368 g/mol. The fraction of sp³-hybridized carbons (Fsp3) is 0.400. The number of aromatic amines is 1. The van der Waals surface area contributed by atoms with Crippen LogP contribution >= 0.6 is 0 Å². The average molecular weight is 368 g/mol. The number of H-pyrrole nitrogens is 1. The number of aliphatic hydroxyl groups excluding tert-OH is 1. The van der Waals surface area contributed by atoms with Crippen LogP contribution in [0.25, 0.3) is 10.9 Å². The van der Waals surface area contributed by atoms with Gasteiger partial charge in [0.25, 0.3) is 5.91 Å². The van der Waals surface area contributed by atoms with Crippen molar-refractivity contribution < 1.29 is 14.4 Å². The molecule has 2 aromatic heterocycles. The third kappa shape index (κ3) is 3.61. The van der Waals surface area contributed by atoms with Crippen LogP contribution in [0.1, 0.15) is 33.8 Å². The number of aliphatic hydroxyl groups is 1. The van der Waals surface area contributed by atoms with E-state index in [4.69, 9.17) is 4.52 Å². The van der Waals surface area contributed by atoms with Crippen molar-refractivity contribution in [1.29, 1.82) is 0 Å². The number of hydrogen-bond acceptors (Lipinski definition) is 5. The molecule has 0 saturated carbocycles. The SMILES string of the molecule is Cc1noc(C)c1CN1CC[C@@H](NC(=O)c2ccc3cc[nH]c3c2)[C@H](O)C1. The van der Waals surface area contributed by atoms with Gasteiger partial charge in [-0.3, -0.25) is 9.69 Å². The molecule has 1 aliphatic rings. The fourth-order valence-electron chi connectivity index (χ4n) is 3.70. The molecular formula is C20H24N4O3. The number of benzene rings is 1. The molecule has 3 N–H and O–H groups in total. The summed E-state index contributed by atoms with van der Waals surface area (Å²) in [5, 5.41) is 18.6. The highest BCUT2D eigenvalue weighted by Gasteiger charge is 2.30. The summed E-state index contributed by atoms with van der Waals surface area (Å²) in [6, 6.07) is 7.28. The second kappa shape index (κ2) is 7.17. The minimum Gasteiger partial charge on any atom is -0.390 e. The molecule has 4 rings (SSSR count). The van der Waals surface area contributed by atoms with Crippen molar-refractivity contribution in [2.45, 2.75) is 39.0 Å². The molecule has 0 bridgehead atoms. The summed E-state index contributed by atoms with van der Waals surface area (Å²) >= 11 is 0. The molecular weight excluding hydrogens is 344 g/mol. The Morgan fingerprint density at radius 3 is 3.00 bits per heavy atom. The lowest BCUT2D eigenvalue weighted by atomic mass is 10.00. The molecule has 1 saturated heterocycles. The molecule has 1 aliphatic heterocycles. The minimum absolute atomic E-state index is 0.158. The Morgan fingerprint density at radius 1 is 1.41 bits per heavy atom. The van der Waals surface area contributed by atoms with Crippen LogP contribution in [0.5, 0.6) is 0 Å². The van der Waals surface area contributed by atoms with Crippen LogP contribution in [0.4, 0.5) is 0 Å². The predicted molar refractivity (Wildman–Crippen MR) is 101 cm³/mol. The van der Waals surface area contributed by atoms with E-state index in [1.54, 1.807) is 0 Å². The van der Waals surface area contributed by atoms with Crippen LogP contribution in [0, 0.1) is 13.8 Å². The van der Waals surface area contributed by atoms with Crippen molar-refractivity contribution in [3.63, 3.8) is 0 Å². The van der Waals surface area contributed by atoms with Gasteiger partial charge in [0.1, 0.15) is 5.76 Å². The van der Waals surface area contributed by atoms with Gasteiger partial charge >= 0.3 is 0 Å². The van der Waals surface area contributed by atoms with E-state index in [9.17, 15) is 9.90 Å². The van der Waals surface area contributed by atoms with E-state index in [1.165, 1.54) is 0 Å². The number of likely N-dealkylation sites (tertiary alicyclic amines) is 1. The van der Waals surface area contributed by atoms with Crippen LogP contribution < -0.4 is 5.32 Å². The van der Waals surface area contributed by atoms with Gasteiger partial charge in [0.15, 0.2) is 0 Å². The molecule has 7 heteroatoms. The van der Waals surface area contributed by atoms with Gasteiger partial charge in [-0.05, 0) is 43.9 Å². The summed E-state index contributed by atoms with van der Waals surface area (Å²) in [4.78, 5) is 17.9. The molecule has 1 amide bonds. The lowest BCUT2D eigenvalue weighted by Crippen LogP contribution is -2.53. The maximum Gasteiger partial charge on any atom is 0.251 e. The summed E-state index contributed by atoms with van der Waals surface area (Å²) in [5.41, 5.74) is 3.48. The van der Waals surface area contributed by atoms with Gasteiger partial charge in [0.2, 0.25) is 0 Å². The van der Waals surface area contributed by atoms with Gasteiger partial charge in [-0.1, -0.05) is 11.2 Å². The van der Waals surface area contributed by atoms with Crippen molar-refractivity contribution in [3.8, 4) is 0 Å². The molecule has 0 aliphatic carbocycles. The first-order chi connectivity index (χ1) is 13.0. The van der Waals surface area contributed by atoms with E-state index >= 15 is 0 Å². The van der Waals surface area contributed by atoms with Crippen LogP contribution in [-0.2, 0) is 6.54 Å². The highest BCUT2D eigenvalue weighted by Crippen LogP contribution is 2.20. The number of hydrogen-bond donors (Lipinski definition) is 3. The number of nitrogens with zero attached hydrogens (tertiary/aromatic N) is 2. The second-order valence-corrected chi connectivity index (χ2v) is 7.25. The third-order valence-corrected chi connectivity index (χ3v) is 5.36. The molecule has 1 aromatic carbocycles. The van der Waals surface area contributed by atoms with Crippen LogP contribution in [0.2, 0.25) is 0 Å². The van der Waals surface area contributed by atoms with Crippen molar-refractivity contribution in [1.82, 2.24) is 20.4 Å². The zero-order chi connectivity index (χ0) is 19.0. The number of carbonyl (C=O) groups excluding carboxylic acids is 1. The largest absolute Gasteiger partial charge is 0.390 e. The van der Waals surface area contributed by atoms with E-state index in [1.807, 2.05) is 44.3 Å². The first-order valence-electron chi connectivity index (χ1n) is 9.21. The molecule has 0 unspecified atom stereocenters. The Hall–Kier alpha value is -2.64. The first-order valence-corrected chi connectivity index (χ1v) is 9.21. The maximum atomic E-state index is 12.6. The zero-order valence-electron chi connectivity index (χ0n) is 15.5. The highest BCUT2D eigenvalue weighted by molar-refractivity contribution is 5.98. The number of carbonyl (C=O) groups is 1. The quantitative estimate of drug-likeness (QED) is 0.656. The standard InChI is InChI=1S/C20H24N4O3/c1-12-16(13(2)27-23-12)10-24-8-6-17(19(25)11-24)22-20(26)15-4-3-14-5-7-21-18(14)9-15/h3-5,7,9,17,19,21,25H,6,8,10-11H2,1-2H3,(H,22,26)/t17-,19-/m1/s1. The number of nitrogens with one attached hydrogen (secondary N) is 2. The summed E-state index contributed by atoms with van der Waals surface area (Å²) < 4.78 is 5.21. The van der Waals surface area contributed by atoms with E-state index in [2.05, 4.69) is 20.4 Å². The molecule has 2 atom stereocenters. The number of β-amino-alcohol motifs (C(OH)–C–C–N with tert-alkyl or cyclic N) is 1. The summed E-state index contributed by atoms with van der Waals surface area (Å²) in [5.74, 6) is 0.659. The van der Waals surface area contributed by atoms with Crippen molar-refractivity contribution in [2.24, 2.45) is 0 Å². The second-order valence-electron chi connectivity index (χ2n) is 7.25. The molecule has 27 heavy (non-hydrogen) atoms. The Balaban J connectivity index is 1.37. The third-order valence-electron chi connectivity index (χ3n) is 5.36. The lowest BCUT2D eigenvalue weighted by Gasteiger charge is -2.36. The van der Waals surface area contributed by atoms with E-state index in [0.717, 1.165) is 34.5 Å². The van der Waals surface area contributed by atoms with Crippen LogP contribution in [-0.4, -0.2) is 51.3 Å². The Labute approximate surface area is 157 Å².